The fourth-order valence-electron chi connectivity index (χ4n) is 2.51. The highest BCUT2D eigenvalue weighted by Crippen LogP contribution is 2.36. The van der Waals surface area contributed by atoms with Gasteiger partial charge in [0.05, 0.1) is 10.6 Å². The van der Waals surface area contributed by atoms with Gasteiger partial charge in [0, 0.05) is 25.5 Å². The molecule has 0 aliphatic heterocycles. The van der Waals surface area contributed by atoms with Crippen LogP contribution in [-0.4, -0.2) is 17.0 Å². The molecule has 0 bridgehead atoms. The van der Waals surface area contributed by atoms with Crippen LogP contribution in [0.5, 0.6) is 0 Å². The van der Waals surface area contributed by atoms with Gasteiger partial charge in [0.15, 0.2) is 0 Å². The zero-order valence-electron chi connectivity index (χ0n) is 14.3. The van der Waals surface area contributed by atoms with E-state index in [0.29, 0.717) is 12.4 Å². The van der Waals surface area contributed by atoms with Crippen molar-refractivity contribution < 1.29 is 13.2 Å². The summed E-state index contributed by atoms with van der Waals surface area (Å²) in [4.78, 5) is 10.4. The summed E-state index contributed by atoms with van der Waals surface area (Å²) < 4.78 is 39.0. The maximum atomic E-state index is 13.0. The van der Waals surface area contributed by atoms with Crippen molar-refractivity contribution in [2.45, 2.75) is 12.7 Å². The van der Waals surface area contributed by atoms with Gasteiger partial charge in [-0.05, 0) is 29.8 Å². The molecule has 0 unspecified atom stereocenters. The van der Waals surface area contributed by atoms with Crippen molar-refractivity contribution in [3.8, 4) is 0 Å². The van der Waals surface area contributed by atoms with Crippen LogP contribution in [0.4, 0.5) is 30.6 Å². The Balaban J connectivity index is 1.78. The van der Waals surface area contributed by atoms with Crippen LogP contribution in [-0.2, 0) is 12.7 Å². The Kier molecular flexibility index (Phi) is 5.51. The van der Waals surface area contributed by atoms with Gasteiger partial charge in [-0.15, -0.1) is 0 Å². The molecule has 2 aromatic carbocycles. The molecule has 1 heterocycles. The number of benzene rings is 2. The Hall–Kier alpha value is -2.80. The molecule has 0 radical (unpaired) electrons. The highest BCUT2D eigenvalue weighted by molar-refractivity contribution is 6.31. The first-order valence-corrected chi connectivity index (χ1v) is 8.42. The quantitative estimate of drug-likeness (QED) is 0.620. The van der Waals surface area contributed by atoms with Crippen molar-refractivity contribution >= 4 is 29.1 Å². The molecule has 4 nitrogen and oxygen atoms in total. The number of anilines is 3. The molecule has 0 amide bonds. The Labute approximate surface area is 159 Å². The third-order valence-electron chi connectivity index (χ3n) is 3.82. The topological polar surface area (TPSA) is 41.1 Å². The maximum Gasteiger partial charge on any atom is 0.417 e. The molecule has 0 fully saturated rings. The van der Waals surface area contributed by atoms with Gasteiger partial charge in [-0.3, -0.25) is 0 Å². The normalized spacial score (nSPS) is 11.3. The van der Waals surface area contributed by atoms with Crippen molar-refractivity contribution in [2.75, 3.05) is 17.3 Å². The molecule has 0 saturated carbocycles. The highest BCUT2D eigenvalue weighted by atomic mass is 35.5. The average Bonchev–Trinajstić information content (AvgIpc) is 2.63. The molecular weight excluding hydrogens is 377 g/mol. The summed E-state index contributed by atoms with van der Waals surface area (Å²) >= 11 is 5.64. The van der Waals surface area contributed by atoms with E-state index in [2.05, 4.69) is 15.3 Å². The van der Waals surface area contributed by atoms with Crippen LogP contribution in [0.3, 0.4) is 0 Å². The van der Waals surface area contributed by atoms with Crippen LogP contribution >= 0.6 is 11.6 Å². The zero-order chi connectivity index (χ0) is 19.4. The molecule has 3 rings (SSSR count). The molecule has 1 N–H and O–H groups in total. The van der Waals surface area contributed by atoms with E-state index in [-0.39, 0.29) is 16.7 Å². The summed E-state index contributed by atoms with van der Waals surface area (Å²) in [6, 6.07) is 15.2. The molecule has 3 aromatic rings. The van der Waals surface area contributed by atoms with Gasteiger partial charge in [0.2, 0.25) is 5.95 Å². The lowest BCUT2D eigenvalue weighted by Gasteiger charge is -2.19. The average molecular weight is 393 g/mol. The van der Waals surface area contributed by atoms with Crippen LogP contribution in [0.1, 0.15) is 11.1 Å². The minimum Gasteiger partial charge on any atom is -0.355 e. The zero-order valence-corrected chi connectivity index (χ0v) is 15.1. The van der Waals surface area contributed by atoms with Crippen LogP contribution in [0.15, 0.2) is 60.8 Å². The Morgan fingerprint density at radius 2 is 1.81 bits per heavy atom. The lowest BCUT2D eigenvalue weighted by Crippen LogP contribution is -2.18. The second-order valence-electron chi connectivity index (χ2n) is 5.90. The molecule has 1 aromatic heterocycles. The van der Waals surface area contributed by atoms with Gasteiger partial charge in [-0.25, -0.2) is 4.98 Å². The monoisotopic (exact) mass is 392 g/mol. The fourth-order valence-corrected chi connectivity index (χ4v) is 2.73. The van der Waals surface area contributed by atoms with Crippen molar-refractivity contribution in [1.29, 1.82) is 0 Å². The molecule has 0 spiro atoms. The number of rotatable bonds is 5. The fraction of sp³-hybridized carbons (Fsp3) is 0.158. The second-order valence-corrected chi connectivity index (χ2v) is 6.30. The van der Waals surface area contributed by atoms with Gasteiger partial charge >= 0.3 is 6.18 Å². The Morgan fingerprint density at radius 1 is 1.07 bits per heavy atom. The lowest BCUT2D eigenvalue weighted by atomic mass is 10.2. The molecule has 0 atom stereocenters. The van der Waals surface area contributed by atoms with E-state index in [9.17, 15) is 13.2 Å². The standard InChI is InChI=1S/C19H16ClF3N4/c1-27(12-13-5-3-2-4-6-13)17-9-10-24-18(26-17)25-14-7-8-16(20)15(11-14)19(21,22)23/h2-11H,12H2,1H3,(H,24,25,26). The van der Waals surface area contributed by atoms with E-state index >= 15 is 0 Å². The van der Waals surface area contributed by atoms with E-state index in [1.807, 2.05) is 42.3 Å². The predicted molar refractivity (Wildman–Crippen MR) is 100 cm³/mol. The SMILES string of the molecule is CN(Cc1ccccc1)c1ccnc(Nc2ccc(Cl)c(C(F)(F)F)c2)n1. The minimum atomic E-state index is -4.53. The molecule has 0 aliphatic rings. The molecule has 0 saturated heterocycles. The summed E-state index contributed by atoms with van der Waals surface area (Å²) in [5, 5.41) is 2.44. The van der Waals surface area contributed by atoms with Gasteiger partial charge in [0.25, 0.3) is 0 Å². The highest BCUT2D eigenvalue weighted by Gasteiger charge is 2.33. The summed E-state index contributed by atoms with van der Waals surface area (Å²) in [7, 11) is 1.88. The number of hydrogen-bond acceptors (Lipinski definition) is 4. The van der Waals surface area contributed by atoms with Crippen molar-refractivity contribution in [1.82, 2.24) is 9.97 Å². The van der Waals surface area contributed by atoms with Crippen LogP contribution in [0, 0.1) is 0 Å². The number of hydrogen-bond donors (Lipinski definition) is 1. The van der Waals surface area contributed by atoms with E-state index in [0.717, 1.165) is 11.6 Å². The Morgan fingerprint density at radius 3 is 2.52 bits per heavy atom. The van der Waals surface area contributed by atoms with Gasteiger partial charge in [-0.1, -0.05) is 41.9 Å². The van der Waals surface area contributed by atoms with Crippen molar-refractivity contribution in [3.05, 3.63) is 76.9 Å². The van der Waals surface area contributed by atoms with Crippen LogP contribution < -0.4 is 10.2 Å². The first-order chi connectivity index (χ1) is 12.8. The van der Waals surface area contributed by atoms with E-state index in [1.165, 1.54) is 12.1 Å². The molecule has 27 heavy (non-hydrogen) atoms. The summed E-state index contributed by atoms with van der Waals surface area (Å²) in [5.74, 6) is 0.837. The van der Waals surface area contributed by atoms with Crippen LogP contribution in [0.2, 0.25) is 5.02 Å². The molecular formula is C19H16ClF3N4. The second kappa shape index (κ2) is 7.84. The molecule has 0 aliphatic carbocycles. The number of alkyl halides is 3. The van der Waals surface area contributed by atoms with Gasteiger partial charge < -0.3 is 10.2 Å². The number of nitrogens with zero attached hydrogens (tertiary/aromatic N) is 3. The predicted octanol–water partition coefficient (Wildman–Crippen LogP) is 5.53. The third-order valence-corrected chi connectivity index (χ3v) is 4.15. The van der Waals surface area contributed by atoms with E-state index in [4.69, 9.17) is 11.6 Å². The third kappa shape index (κ3) is 4.89. The number of nitrogens with one attached hydrogen (secondary N) is 1. The maximum absolute atomic E-state index is 13.0. The van der Waals surface area contributed by atoms with Gasteiger partial charge in [0.1, 0.15) is 5.82 Å². The number of aromatic nitrogens is 2. The van der Waals surface area contributed by atoms with Crippen molar-refractivity contribution in [2.24, 2.45) is 0 Å². The molecule has 140 valence electrons. The first kappa shape index (κ1) is 19.0. The summed E-state index contributed by atoms with van der Waals surface area (Å²) in [6.45, 7) is 0.635. The summed E-state index contributed by atoms with van der Waals surface area (Å²) in [6.07, 6.45) is -2.99. The van der Waals surface area contributed by atoms with E-state index < -0.39 is 11.7 Å². The first-order valence-electron chi connectivity index (χ1n) is 8.05. The van der Waals surface area contributed by atoms with Crippen molar-refractivity contribution in [3.63, 3.8) is 0 Å². The van der Waals surface area contributed by atoms with Crippen LogP contribution in [0.25, 0.3) is 0 Å². The number of halogens is 4. The van der Waals surface area contributed by atoms with E-state index in [1.54, 1.807) is 12.3 Å². The summed E-state index contributed by atoms with van der Waals surface area (Å²) in [5.41, 5.74) is 0.404. The molecule has 8 heteroatoms. The largest absolute Gasteiger partial charge is 0.417 e. The van der Waals surface area contributed by atoms with Gasteiger partial charge in [-0.2, -0.15) is 18.2 Å². The lowest BCUT2D eigenvalue weighted by molar-refractivity contribution is -0.137. The minimum absolute atomic E-state index is 0.197. The Bertz CT molecular complexity index is 916. The smallest absolute Gasteiger partial charge is 0.355 e.